The molecule has 0 aromatic carbocycles. The zero-order chi connectivity index (χ0) is 16.2. The van der Waals surface area contributed by atoms with Gasteiger partial charge in [-0.3, -0.25) is 14.9 Å². The molecule has 2 N–H and O–H groups in total. The molecule has 1 aliphatic heterocycles. The lowest BCUT2D eigenvalue weighted by atomic mass is 10.2. The Kier molecular flexibility index (Phi) is 8.81. The van der Waals surface area contributed by atoms with Gasteiger partial charge in [0.05, 0.1) is 17.0 Å². The predicted molar refractivity (Wildman–Crippen MR) is 107 cm³/mol. The highest BCUT2D eigenvalue weighted by Crippen LogP contribution is 2.19. The van der Waals surface area contributed by atoms with Crippen LogP contribution in [0.25, 0.3) is 0 Å². The molecule has 3 heterocycles. The molecule has 10 heteroatoms. The second-order valence-electron chi connectivity index (χ2n) is 5.39. The Balaban J connectivity index is 0.00000156. The first-order valence-corrected chi connectivity index (χ1v) is 9.19. The Hall–Kier alpha value is -1.19. The van der Waals surface area contributed by atoms with E-state index in [-0.39, 0.29) is 49.1 Å². The van der Waals surface area contributed by atoms with E-state index in [1.54, 1.807) is 6.07 Å². The fourth-order valence-electron chi connectivity index (χ4n) is 2.48. The second kappa shape index (κ2) is 10.1. The van der Waals surface area contributed by atoms with Gasteiger partial charge in [-0.25, -0.2) is 4.98 Å². The summed E-state index contributed by atoms with van der Waals surface area (Å²) in [6, 6.07) is 3.80. The van der Waals surface area contributed by atoms with Crippen LogP contribution in [-0.4, -0.2) is 47.4 Å². The molecule has 0 saturated carbocycles. The van der Waals surface area contributed by atoms with Gasteiger partial charge in [-0.05, 0) is 18.4 Å². The van der Waals surface area contributed by atoms with Crippen molar-refractivity contribution in [3.63, 3.8) is 0 Å². The summed E-state index contributed by atoms with van der Waals surface area (Å²) in [5.74, 6) is -0.0802. The van der Waals surface area contributed by atoms with Gasteiger partial charge in [-0.15, -0.1) is 47.5 Å². The number of hydrogen-bond acceptors (Lipinski definition) is 6. The molecule has 1 aliphatic rings. The van der Waals surface area contributed by atoms with Crippen molar-refractivity contribution in [2.75, 3.05) is 25.0 Å². The number of anilines is 1. The zero-order valence-corrected chi connectivity index (χ0v) is 16.8. The predicted octanol–water partition coefficient (Wildman–Crippen LogP) is 2.66. The molecule has 25 heavy (non-hydrogen) atoms. The molecule has 6 nitrogen and oxygen atoms in total. The third-order valence-electron chi connectivity index (χ3n) is 3.67. The van der Waals surface area contributed by atoms with Crippen LogP contribution in [0.5, 0.6) is 0 Å². The first-order chi connectivity index (χ1) is 11.1. The maximum atomic E-state index is 12.4. The van der Waals surface area contributed by atoms with Crippen molar-refractivity contribution in [3.05, 3.63) is 33.5 Å². The molecule has 138 valence electrons. The third-order valence-corrected chi connectivity index (χ3v) is 5.35. The van der Waals surface area contributed by atoms with Gasteiger partial charge in [0.2, 0.25) is 5.91 Å². The van der Waals surface area contributed by atoms with Crippen molar-refractivity contribution in [1.29, 1.82) is 0 Å². The first-order valence-electron chi connectivity index (χ1n) is 7.43. The number of thiazole rings is 1. The molecule has 2 aromatic heterocycles. The molecule has 2 aromatic rings. The number of carbonyl (C=O) groups excluding carboxylic acids is 2. The van der Waals surface area contributed by atoms with E-state index < -0.39 is 0 Å². The molecular weight excluding hydrogens is 403 g/mol. The van der Waals surface area contributed by atoms with Crippen LogP contribution in [0.2, 0.25) is 0 Å². The summed E-state index contributed by atoms with van der Waals surface area (Å²) in [7, 11) is 0. The van der Waals surface area contributed by atoms with Gasteiger partial charge in [0.15, 0.2) is 5.13 Å². The number of aromatic nitrogens is 1. The minimum Gasteiger partial charge on any atom is -0.337 e. The summed E-state index contributed by atoms with van der Waals surface area (Å²) in [6.45, 7) is 4.42. The standard InChI is InChI=1S/C15H18N4O2S2.2ClH/c1-10-8-16-4-5-19(10)13(20)7-11-9-23-15(17-11)18-14(21)12-3-2-6-22-12;;/h2-3,6,9-10,16H,4-5,7-8H2,1H3,(H,17,18,21);2*1H. The normalized spacial score (nSPS) is 16.5. The molecule has 1 fully saturated rings. The Morgan fingerprint density at radius 3 is 2.88 bits per heavy atom. The molecule has 0 bridgehead atoms. The van der Waals surface area contributed by atoms with E-state index in [2.05, 4.69) is 15.6 Å². The zero-order valence-electron chi connectivity index (χ0n) is 13.6. The van der Waals surface area contributed by atoms with Crippen molar-refractivity contribution in [2.45, 2.75) is 19.4 Å². The van der Waals surface area contributed by atoms with Crippen LogP contribution in [0, 0.1) is 0 Å². The van der Waals surface area contributed by atoms with Crippen molar-refractivity contribution >= 4 is 64.4 Å². The van der Waals surface area contributed by atoms with Gasteiger partial charge in [0.1, 0.15) is 0 Å². The van der Waals surface area contributed by atoms with Gasteiger partial charge in [-0.2, -0.15) is 0 Å². The quantitative estimate of drug-likeness (QED) is 0.793. The Morgan fingerprint density at radius 1 is 1.40 bits per heavy atom. The van der Waals surface area contributed by atoms with Crippen molar-refractivity contribution in [2.24, 2.45) is 0 Å². The number of thiophene rings is 1. The van der Waals surface area contributed by atoms with E-state index in [1.807, 2.05) is 28.7 Å². The van der Waals surface area contributed by atoms with Crippen LogP contribution in [-0.2, 0) is 11.2 Å². The molecule has 0 radical (unpaired) electrons. The number of hydrogen-bond donors (Lipinski definition) is 2. The fourth-order valence-corrected chi connectivity index (χ4v) is 3.80. The Morgan fingerprint density at radius 2 is 2.20 bits per heavy atom. The summed E-state index contributed by atoms with van der Waals surface area (Å²) in [4.78, 5) is 31.2. The van der Waals surface area contributed by atoms with Crippen LogP contribution >= 0.6 is 47.5 Å². The van der Waals surface area contributed by atoms with Gasteiger partial charge >= 0.3 is 0 Å². The number of carbonyl (C=O) groups is 2. The number of nitrogens with one attached hydrogen (secondary N) is 2. The molecule has 3 rings (SSSR count). The van der Waals surface area contributed by atoms with E-state index in [9.17, 15) is 9.59 Å². The van der Waals surface area contributed by atoms with Crippen LogP contribution in [0.15, 0.2) is 22.9 Å². The highest BCUT2D eigenvalue weighted by molar-refractivity contribution is 7.14. The highest BCUT2D eigenvalue weighted by Gasteiger charge is 2.23. The molecule has 0 aliphatic carbocycles. The average molecular weight is 423 g/mol. The monoisotopic (exact) mass is 422 g/mol. The van der Waals surface area contributed by atoms with Gasteiger partial charge < -0.3 is 10.2 Å². The molecule has 1 atom stereocenters. The van der Waals surface area contributed by atoms with Crippen molar-refractivity contribution in [3.8, 4) is 0 Å². The smallest absolute Gasteiger partial charge is 0.267 e. The number of rotatable bonds is 4. The number of halogens is 2. The first kappa shape index (κ1) is 21.9. The van der Waals surface area contributed by atoms with E-state index in [1.165, 1.54) is 22.7 Å². The number of nitrogens with zero attached hydrogens (tertiary/aromatic N) is 2. The number of amides is 2. The topological polar surface area (TPSA) is 74.3 Å². The summed E-state index contributed by atoms with van der Waals surface area (Å²) in [5, 5.41) is 10.3. The molecular formula is C15H20Cl2N4O2S2. The largest absolute Gasteiger partial charge is 0.337 e. The Labute approximate surface area is 166 Å². The van der Waals surface area contributed by atoms with Crippen molar-refractivity contribution in [1.82, 2.24) is 15.2 Å². The second-order valence-corrected chi connectivity index (χ2v) is 7.20. The van der Waals surface area contributed by atoms with Crippen LogP contribution in [0.4, 0.5) is 5.13 Å². The maximum absolute atomic E-state index is 12.4. The minimum absolute atomic E-state index is 0. The summed E-state index contributed by atoms with van der Waals surface area (Å²) in [6.07, 6.45) is 0.274. The minimum atomic E-state index is -0.164. The van der Waals surface area contributed by atoms with Crippen LogP contribution in [0.3, 0.4) is 0 Å². The Bertz CT molecular complexity index is 694. The summed E-state index contributed by atoms with van der Waals surface area (Å²) >= 11 is 2.73. The lowest BCUT2D eigenvalue weighted by molar-refractivity contribution is -0.133. The average Bonchev–Trinajstić information content (AvgIpc) is 3.19. The van der Waals surface area contributed by atoms with Crippen LogP contribution in [0.1, 0.15) is 22.3 Å². The van der Waals surface area contributed by atoms with E-state index >= 15 is 0 Å². The molecule has 0 spiro atoms. The maximum Gasteiger partial charge on any atom is 0.267 e. The van der Waals surface area contributed by atoms with Gasteiger partial charge in [0.25, 0.3) is 5.91 Å². The van der Waals surface area contributed by atoms with Crippen LogP contribution < -0.4 is 10.6 Å². The molecule has 2 amide bonds. The lowest BCUT2D eigenvalue weighted by Gasteiger charge is -2.33. The van der Waals surface area contributed by atoms with Gasteiger partial charge in [0, 0.05) is 31.1 Å². The highest BCUT2D eigenvalue weighted by atomic mass is 35.5. The third kappa shape index (κ3) is 5.65. The summed E-state index contributed by atoms with van der Waals surface area (Å²) < 4.78 is 0. The lowest BCUT2D eigenvalue weighted by Crippen LogP contribution is -2.52. The van der Waals surface area contributed by atoms with E-state index in [0.717, 1.165) is 19.6 Å². The van der Waals surface area contributed by atoms with Gasteiger partial charge in [-0.1, -0.05) is 6.07 Å². The molecule has 1 saturated heterocycles. The summed E-state index contributed by atoms with van der Waals surface area (Å²) in [5.41, 5.74) is 0.701. The van der Waals surface area contributed by atoms with Crippen molar-refractivity contribution < 1.29 is 9.59 Å². The van der Waals surface area contributed by atoms with E-state index in [4.69, 9.17) is 0 Å². The molecule has 1 unspecified atom stereocenters. The van der Waals surface area contributed by atoms with E-state index in [0.29, 0.717) is 15.7 Å². The SMILES string of the molecule is CC1CNCCN1C(=O)Cc1csc(NC(=O)c2cccs2)n1.Cl.Cl. The number of piperazine rings is 1. The fraction of sp³-hybridized carbons (Fsp3) is 0.400.